The first-order valence-electron chi connectivity index (χ1n) is 16.5. The lowest BCUT2D eigenvalue weighted by Gasteiger charge is -2.25. The minimum absolute atomic E-state index is 0.0812. The molecule has 5 aromatic carbocycles. The van der Waals surface area contributed by atoms with E-state index < -0.39 is 83.0 Å². The smallest absolute Gasteiger partial charge is 0.335 e. The summed E-state index contributed by atoms with van der Waals surface area (Å²) in [5.74, 6) is -3.54. The molecule has 0 fully saturated rings. The number of rotatable bonds is 11. The van der Waals surface area contributed by atoms with Crippen LogP contribution in [0.1, 0.15) is 48.5 Å². The Balaban J connectivity index is 1.58. The summed E-state index contributed by atoms with van der Waals surface area (Å²) in [6, 6.07) is 12.7. The summed E-state index contributed by atoms with van der Waals surface area (Å²) in [6.07, 6.45) is 0. The fourth-order valence-corrected chi connectivity index (χ4v) is 9.86. The van der Waals surface area contributed by atoms with Gasteiger partial charge in [0.25, 0.3) is 40.4 Å². The number of carboxylic acids is 2. The van der Waals surface area contributed by atoms with E-state index in [1.807, 2.05) is 0 Å². The summed E-state index contributed by atoms with van der Waals surface area (Å²) in [7, 11) is -19.9. The monoisotopic (exact) mass is 886 g/mol. The average molecular weight is 887 g/mol. The van der Waals surface area contributed by atoms with Crippen molar-refractivity contribution in [3.05, 3.63) is 122 Å². The molecule has 0 unspecified atom stereocenters. The van der Waals surface area contributed by atoms with E-state index in [4.69, 9.17) is 4.74 Å². The van der Waals surface area contributed by atoms with E-state index in [-0.39, 0.29) is 61.3 Å². The van der Waals surface area contributed by atoms with Crippen molar-refractivity contribution in [1.82, 2.24) is 0 Å². The van der Waals surface area contributed by atoms with Crippen LogP contribution in [-0.2, 0) is 40.4 Å². The van der Waals surface area contributed by atoms with Crippen LogP contribution in [0.5, 0.6) is 11.5 Å². The molecule has 7 N–H and O–H groups in total. The van der Waals surface area contributed by atoms with Crippen LogP contribution < -0.4 is 25.2 Å². The number of sulfonamides is 1. The third-order valence-corrected chi connectivity index (χ3v) is 13.2. The summed E-state index contributed by atoms with van der Waals surface area (Å²) in [4.78, 5) is 20.4. The van der Waals surface area contributed by atoms with Gasteiger partial charge in [0.05, 0.1) is 27.4 Å². The van der Waals surface area contributed by atoms with Crippen LogP contribution in [0.3, 0.4) is 0 Å². The van der Waals surface area contributed by atoms with E-state index in [1.165, 1.54) is 38.1 Å². The molecule has 1 aliphatic heterocycles. The van der Waals surface area contributed by atoms with Gasteiger partial charge in [0.15, 0.2) is 0 Å². The van der Waals surface area contributed by atoms with E-state index in [0.717, 1.165) is 48.5 Å². The molecule has 0 bridgehead atoms. The number of aromatic carboxylic acids is 2. The molecule has 0 saturated heterocycles. The van der Waals surface area contributed by atoms with Crippen LogP contribution in [0.25, 0.3) is 12.2 Å². The Morgan fingerprint density at radius 2 is 1.19 bits per heavy atom. The highest BCUT2D eigenvalue weighted by molar-refractivity contribution is 7.92. The number of fused-ring (bicyclic) bond motifs is 2. The average Bonchev–Trinajstić information content (AvgIpc) is 3.12. The molecule has 0 aromatic heterocycles. The fraction of sp³-hybridized carbons (Fsp3) is 0.0811. The van der Waals surface area contributed by atoms with Gasteiger partial charge in [-0.1, -0.05) is 30.8 Å². The first-order chi connectivity index (χ1) is 27.2. The van der Waals surface area contributed by atoms with Crippen molar-refractivity contribution in [2.24, 2.45) is 0 Å². The summed E-state index contributed by atoms with van der Waals surface area (Å²) in [6.45, 7) is 8.18. The maximum atomic E-state index is 13.6. The number of aryl methyl sites for hydroxylation is 2. The van der Waals surface area contributed by atoms with E-state index in [2.05, 4.69) is 16.6 Å². The second kappa shape index (κ2) is 14.6. The van der Waals surface area contributed by atoms with Crippen molar-refractivity contribution in [3.63, 3.8) is 0 Å². The van der Waals surface area contributed by atoms with Crippen LogP contribution in [-0.4, -0.2) is 69.5 Å². The maximum absolute atomic E-state index is 13.6. The van der Waals surface area contributed by atoms with E-state index in [1.54, 1.807) is 6.92 Å². The molecule has 0 saturated carbocycles. The normalized spacial score (nSPS) is 12.9. The number of nitrogens with one attached hydrogen (secondary N) is 2. The molecule has 0 aliphatic carbocycles. The van der Waals surface area contributed by atoms with Crippen molar-refractivity contribution >= 4 is 81.5 Å². The Labute approximate surface area is 336 Å². The van der Waals surface area contributed by atoms with Crippen LogP contribution in [0.4, 0.5) is 17.1 Å². The zero-order chi connectivity index (χ0) is 43.7. The van der Waals surface area contributed by atoms with Crippen molar-refractivity contribution < 1.29 is 71.9 Å². The zero-order valence-electron chi connectivity index (χ0n) is 30.5. The van der Waals surface area contributed by atoms with Gasteiger partial charge in [-0.25, -0.2) is 18.0 Å². The highest BCUT2D eigenvalue weighted by atomic mass is 32.2. The Bertz CT molecular complexity index is 3260. The molecule has 22 heteroatoms. The van der Waals surface area contributed by atoms with E-state index in [9.17, 15) is 67.1 Å². The number of carbonyl (C=O) groups is 2. The number of carboxylic acid groups (broad SMARTS) is 2. The third-order valence-electron chi connectivity index (χ3n) is 9.17. The molecule has 0 radical (unpaired) electrons. The molecule has 59 heavy (non-hydrogen) atoms. The molecule has 5 aromatic rings. The van der Waals surface area contributed by atoms with Crippen molar-refractivity contribution in [2.75, 3.05) is 10.0 Å². The summed E-state index contributed by atoms with van der Waals surface area (Å²) in [5, 5.41) is 21.4. The van der Waals surface area contributed by atoms with Gasteiger partial charge in [-0.3, -0.25) is 18.4 Å². The third kappa shape index (κ3) is 8.14. The van der Waals surface area contributed by atoms with Crippen molar-refractivity contribution in [3.8, 4) is 11.5 Å². The first kappa shape index (κ1) is 42.5. The number of hydrogen-bond donors (Lipinski definition) is 7. The number of hydrogen-bond acceptors (Lipinski definition) is 12. The largest absolute Gasteiger partial charge is 0.478 e. The Kier molecular flexibility index (Phi) is 10.5. The standard InChI is InChI=1S/C37H30N2O16S4/c1-17-10-28-25(14-31(17)58(49,50)51)33(24-7-5-6-8-30(24)57(46,47)48)26-15-32(59(52,53)54)27(16-29(26)55-28)38-34-18(2)9-19(3)35(20(34)4)39-56(44,45)23-12-21(36(40)41)11-22(13-23)37(42)43/h5-16,38-39H,1H2,2-4H3,(H,40,41)(H,42,43)(H,46,47,48)(H,49,50,51)(H,52,53,54). The molecule has 0 amide bonds. The molecule has 6 rings (SSSR count). The van der Waals surface area contributed by atoms with Gasteiger partial charge in [0.1, 0.15) is 26.2 Å². The highest BCUT2D eigenvalue weighted by Crippen LogP contribution is 2.44. The topological polar surface area (TPSA) is 305 Å². The lowest BCUT2D eigenvalue weighted by molar-refractivity contribution is 0.0696. The van der Waals surface area contributed by atoms with Gasteiger partial charge in [0, 0.05) is 33.7 Å². The maximum Gasteiger partial charge on any atom is 0.335 e. The minimum atomic E-state index is -5.23. The van der Waals surface area contributed by atoms with Crippen LogP contribution in [0, 0.1) is 20.8 Å². The SMILES string of the molecule is C=c1cc2c(cc1S(=O)(=O)O)=C(c1ccccc1S(=O)(=O)O)c1cc(S(=O)(=O)O)c(Nc3c(C)cc(C)c(NS(=O)(=O)c4cc(C(=O)O)cc(C(=O)O)c4)c3C)cc1O2. The van der Waals surface area contributed by atoms with Gasteiger partial charge in [-0.2, -0.15) is 25.3 Å². The number of anilines is 3. The predicted molar refractivity (Wildman–Crippen MR) is 210 cm³/mol. The van der Waals surface area contributed by atoms with Crippen molar-refractivity contribution in [1.29, 1.82) is 0 Å². The molecular formula is C37H30N2O16S4. The summed E-state index contributed by atoms with van der Waals surface area (Å²) >= 11 is 0. The fourth-order valence-electron chi connectivity index (χ4n) is 6.59. The lowest BCUT2D eigenvalue weighted by atomic mass is 9.92. The summed E-state index contributed by atoms with van der Waals surface area (Å²) < 4.78 is 142. The second-order valence-electron chi connectivity index (χ2n) is 13.2. The quantitative estimate of drug-likeness (QED) is 0.0903. The lowest BCUT2D eigenvalue weighted by Crippen LogP contribution is -2.25. The molecule has 0 atom stereocenters. The number of ether oxygens (including phenoxy) is 1. The van der Waals surface area contributed by atoms with Crippen LogP contribution in [0.15, 0.2) is 92.4 Å². The molecule has 1 aliphatic rings. The number of benzene rings is 5. The predicted octanol–water partition coefficient (Wildman–Crippen LogP) is 4.06. The molecular weight excluding hydrogens is 857 g/mol. The Morgan fingerprint density at radius 1 is 0.627 bits per heavy atom. The minimum Gasteiger partial charge on any atom is -0.478 e. The van der Waals surface area contributed by atoms with Gasteiger partial charge < -0.3 is 20.3 Å². The molecule has 18 nitrogen and oxygen atoms in total. The Hall–Kier alpha value is -6.14. The van der Waals surface area contributed by atoms with Gasteiger partial charge in [0.2, 0.25) is 0 Å². The van der Waals surface area contributed by atoms with Gasteiger partial charge in [-0.15, -0.1) is 0 Å². The van der Waals surface area contributed by atoms with E-state index >= 15 is 0 Å². The second-order valence-corrected chi connectivity index (χ2v) is 19.0. The van der Waals surface area contributed by atoms with Crippen LogP contribution in [0.2, 0.25) is 0 Å². The van der Waals surface area contributed by atoms with Crippen LogP contribution >= 0.6 is 0 Å². The summed E-state index contributed by atoms with van der Waals surface area (Å²) in [5.41, 5.74) is -1.46. The first-order valence-corrected chi connectivity index (χ1v) is 22.3. The van der Waals surface area contributed by atoms with Gasteiger partial charge in [-0.05, 0) is 85.1 Å². The van der Waals surface area contributed by atoms with Gasteiger partial charge >= 0.3 is 11.9 Å². The Morgan fingerprint density at radius 3 is 1.75 bits per heavy atom. The zero-order valence-corrected chi connectivity index (χ0v) is 33.8. The van der Waals surface area contributed by atoms with Crippen molar-refractivity contribution in [2.45, 2.75) is 40.4 Å². The molecule has 1 heterocycles. The van der Waals surface area contributed by atoms with E-state index in [0.29, 0.717) is 11.1 Å². The highest BCUT2D eigenvalue weighted by Gasteiger charge is 2.31. The molecule has 0 spiro atoms. The molecule has 308 valence electrons.